The number of pyridine rings is 1. The smallest absolute Gasteiger partial charge is 0.407 e. The van der Waals surface area contributed by atoms with E-state index in [1.165, 1.54) is 6.07 Å². The number of ether oxygens (including phenoxy) is 1. The molecule has 0 atom stereocenters. The van der Waals surface area contributed by atoms with Gasteiger partial charge in [0.1, 0.15) is 11.8 Å². The van der Waals surface area contributed by atoms with Crippen LogP contribution in [0.25, 0.3) is 6.08 Å². The zero-order valence-electron chi connectivity index (χ0n) is 13.3. The van der Waals surface area contributed by atoms with Gasteiger partial charge in [-0.15, -0.1) is 0 Å². The maximum atomic E-state index is 11.6. The van der Waals surface area contributed by atoms with E-state index in [9.17, 15) is 9.59 Å². The molecule has 6 nitrogen and oxygen atoms in total. The number of alkyl carbamates (subject to hydrolysis) is 1. The third-order valence-corrected chi connectivity index (χ3v) is 3.40. The first kappa shape index (κ1) is 18.5. The van der Waals surface area contributed by atoms with Gasteiger partial charge >= 0.3 is 12.1 Å². The van der Waals surface area contributed by atoms with Crippen molar-refractivity contribution >= 4 is 29.7 Å². The first-order chi connectivity index (χ1) is 12.1. The van der Waals surface area contributed by atoms with Crippen molar-refractivity contribution in [3.8, 4) is 0 Å². The standard InChI is InChI=1S/C18H17ClN2O4/c19-15-10-9-14(16(21-15)17(22)23)8-4-5-11-20-18(24)25-12-13-6-2-1-3-7-13/h1-4,6-10H,5,11-12H2,(H,20,24)(H,22,23). The number of carbonyl (C=O) groups is 2. The first-order valence-electron chi connectivity index (χ1n) is 7.57. The number of carboxylic acids is 1. The van der Waals surface area contributed by atoms with Gasteiger partial charge in [0, 0.05) is 12.1 Å². The molecule has 0 aliphatic rings. The molecular weight excluding hydrogens is 344 g/mol. The Morgan fingerprint density at radius 1 is 1.20 bits per heavy atom. The summed E-state index contributed by atoms with van der Waals surface area (Å²) >= 11 is 5.69. The highest BCUT2D eigenvalue weighted by Gasteiger charge is 2.10. The van der Waals surface area contributed by atoms with Gasteiger partial charge in [-0.1, -0.05) is 54.1 Å². The van der Waals surface area contributed by atoms with Crippen LogP contribution < -0.4 is 5.32 Å². The van der Waals surface area contributed by atoms with Crippen LogP contribution >= 0.6 is 11.6 Å². The summed E-state index contributed by atoms with van der Waals surface area (Å²) in [6.45, 7) is 0.578. The number of halogens is 1. The number of carboxylic acid groups (broad SMARTS) is 1. The number of rotatable bonds is 7. The Labute approximate surface area is 150 Å². The Morgan fingerprint density at radius 2 is 1.96 bits per heavy atom. The minimum Gasteiger partial charge on any atom is -0.476 e. The molecule has 7 heteroatoms. The van der Waals surface area contributed by atoms with Crippen molar-refractivity contribution in [2.75, 3.05) is 6.54 Å². The minimum atomic E-state index is -1.15. The molecule has 2 rings (SSSR count). The van der Waals surface area contributed by atoms with Gasteiger partial charge in [-0.05, 0) is 24.1 Å². The Bertz CT molecular complexity index is 763. The van der Waals surface area contributed by atoms with Crippen LogP contribution in [0.5, 0.6) is 0 Å². The molecule has 0 fully saturated rings. The third kappa shape index (κ3) is 6.27. The number of nitrogens with zero attached hydrogens (tertiary/aromatic N) is 1. The predicted molar refractivity (Wildman–Crippen MR) is 94.5 cm³/mol. The second-order valence-corrected chi connectivity index (χ2v) is 5.44. The quantitative estimate of drug-likeness (QED) is 0.579. The summed E-state index contributed by atoms with van der Waals surface area (Å²) in [4.78, 5) is 26.5. The van der Waals surface area contributed by atoms with Crippen molar-refractivity contribution in [1.82, 2.24) is 10.3 Å². The fourth-order valence-corrected chi connectivity index (χ4v) is 2.14. The Morgan fingerprint density at radius 3 is 2.68 bits per heavy atom. The molecule has 0 saturated heterocycles. The van der Waals surface area contributed by atoms with Crippen LogP contribution in [0.4, 0.5) is 4.79 Å². The van der Waals surface area contributed by atoms with Gasteiger partial charge in [-0.3, -0.25) is 0 Å². The number of carbonyl (C=O) groups excluding carboxylic acids is 1. The number of hydrogen-bond acceptors (Lipinski definition) is 4. The van der Waals surface area contributed by atoms with Gasteiger partial charge < -0.3 is 15.2 Å². The molecule has 1 aromatic carbocycles. The number of aromatic nitrogens is 1. The number of hydrogen-bond donors (Lipinski definition) is 2. The van der Waals surface area contributed by atoms with Crippen molar-refractivity contribution in [1.29, 1.82) is 0 Å². The Hall–Kier alpha value is -2.86. The van der Waals surface area contributed by atoms with Gasteiger partial charge in [0.2, 0.25) is 0 Å². The summed E-state index contributed by atoms with van der Waals surface area (Å²) in [5.74, 6) is -1.15. The first-order valence-corrected chi connectivity index (χ1v) is 7.95. The average molecular weight is 361 g/mol. The van der Waals surface area contributed by atoms with Crippen LogP contribution in [0, 0.1) is 0 Å². The third-order valence-electron chi connectivity index (χ3n) is 3.19. The lowest BCUT2D eigenvalue weighted by atomic mass is 10.1. The maximum Gasteiger partial charge on any atom is 0.407 e. The second kappa shape index (κ2) is 9.44. The van der Waals surface area contributed by atoms with Crippen molar-refractivity contribution < 1.29 is 19.4 Å². The van der Waals surface area contributed by atoms with E-state index in [-0.39, 0.29) is 17.5 Å². The summed E-state index contributed by atoms with van der Waals surface area (Å²) in [7, 11) is 0. The van der Waals surface area contributed by atoms with Crippen LogP contribution in [-0.2, 0) is 11.3 Å². The normalized spacial score (nSPS) is 10.6. The molecule has 0 radical (unpaired) electrons. The highest BCUT2D eigenvalue weighted by Crippen LogP contribution is 2.13. The van der Waals surface area contributed by atoms with Gasteiger partial charge in [-0.25, -0.2) is 14.6 Å². The topological polar surface area (TPSA) is 88.5 Å². The molecule has 0 aliphatic carbocycles. The molecule has 2 aromatic rings. The zero-order valence-corrected chi connectivity index (χ0v) is 14.1. The number of amides is 1. The van der Waals surface area contributed by atoms with E-state index >= 15 is 0 Å². The van der Waals surface area contributed by atoms with Gasteiger partial charge in [-0.2, -0.15) is 0 Å². The van der Waals surface area contributed by atoms with E-state index in [1.54, 1.807) is 18.2 Å². The van der Waals surface area contributed by atoms with Crippen LogP contribution in [0.1, 0.15) is 28.0 Å². The fourth-order valence-electron chi connectivity index (χ4n) is 1.99. The van der Waals surface area contributed by atoms with E-state index in [4.69, 9.17) is 21.4 Å². The monoisotopic (exact) mass is 360 g/mol. The minimum absolute atomic E-state index is 0.112. The van der Waals surface area contributed by atoms with Crippen molar-refractivity contribution in [2.24, 2.45) is 0 Å². The maximum absolute atomic E-state index is 11.6. The lowest BCUT2D eigenvalue weighted by molar-refractivity contribution is 0.0690. The Kier molecular flexibility index (Phi) is 6.98. The van der Waals surface area contributed by atoms with E-state index in [0.717, 1.165) is 5.56 Å². The van der Waals surface area contributed by atoms with Gasteiger partial charge in [0.25, 0.3) is 0 Å². The van der Waals surface area contributed by atoms with Gasteiger partial charge in [0.15, 0.2) is 5.69 Å². The highest BCUT2D eigenvalue weighted by molar-refractivity contribution is 6.29. The average Bonchev–Trinajstić information content (AvgIpc) is 2.61. The molecule has 2 N–H and O–H groups in total. The molecule has 1 heterocycles. The fraction of sp³-hybridized carbons (Fsp3) is 0.167. The molecule has 0 spiro atoms. The number of benzene rings is 1. The summed E-state index contributed by atoms with van der Waals surface area (Å²) in [5, 5.41) is 11.8. The molecule has 1 aromatic heterocycles. The SMILES string of the molecule is O=C(NCCC=Cc1ccc(Cl)nc1C(=O)O)OCc1ccccc1. The molecule has 0 bridgehead atoms. The number of nitrogens with one attached hydrogen (secondary N) is 1. The van der Waals surface area contributed by atoms with Crippen LogP contribution in [0.2, 0.25) is 5.15 Å². The molecule has 0 aliphatic heterocycles. The highest BCUT2D eigenvalue weighted by atomic mass is 35.5. The molecule has 0 unspecified atom stereocenters. The lowest BCUT2D eigenvalue weighted by Crippen LogP contribution is -2.24. The van der Waals surface area contributed by atoms with Crippen LogP contribution in [0.3, 0.4) is 0 Å². The predicted octanol–water partition coefficient (Wildman–Crippen LogP) is 3.76. The van der Waals surface area contributed by atoms with Crippen molar-refractivity contribution in [2.45, 2.75) is 13.0 Å². The molecule has 25 heavy (non-hydrogen) atoms. The molecule has 0 saturated carbocycles. The molecule has 1 amide bonds. The Balaban J connectivity index is 1.74. The molecular formula is C18H17ClN2O4. The van der Waals surface area contributed by atoms with E-state index < -0.39 is 12.1 Å². The number of aromatic carboxylic acids is 1. The summed E-state index contributed by atoms with van der Waals surface area (Å²) in [6, 6.07) is 12.5. The van der Waals surface area contributed by atoms with E-state index in [2.05, 4.69) is 10.3 Å². The zero-order chi connectivity index (χ0) is 18.1. The summed E-state index contributed by atoms with van der Waals surface area (Å²) < 4.78 is 5.08. The summed E-state index contributed by atoms with van der Waals surface area (Å²) in [6.07, 6.45) is 3.39. The van der Waals surface area contributed by atoms with Crippen molar-refractivity contribution in [3.05, 3.63) is 70.5 Å². The van der Waals surface area contributed by atoms with E-state index in [0.29, 0.717) is 18.5 Å². The largest absolute Gasteiger partial charge is 0.476 e. The van der Waals surface area contributed by atoms with Crippen LogP contribution in [-0.4, -0.2) is 28.7 Å². The van der Waals surface area contributed by atoms with Gasteiger partial charge in [0.05, 0.1) is 0 Å². The van der Waals surface area contributed by atoms with Crippen molar-refractivity contribution in [3.63, 3.8) is 0 Å². The molecule has 130 valence electrons. The lowest BCUT2D eigenvalue weighted by Gasteiger charge is -2.06. The second-order valence-electron chi connectivity index (χ2n) is 5.06. The summed E-state index contributed by atoms with van der Waals surface area (Å²) in [5.41, 5.74) is 1.25. The van der Waals surface area contributed by atoms with Crippen LogP contribution in [0.15, 0.2) is 48.5 Å². The van der Waals surface area contributed by atoms with E-state index in [1.807, 2.05) is 30.3 Å².